The molecule has 2 N–H and O–H groups in total. The van der Waals surface area contributed by atoms with E-state index < -0.39 is 11.6 Å². The number of morpholine rings is 1. The molecule has 100 valence electrons. The summed E-state index contributed by atoms with van der Waals surface area (Å²) >= 11 is 0. The van der Waals surface area contributed by atoms with Gasteiger partial charge in [0.05, 0.1) is 24.7 Å². The number of carbonyl (C=O) groups is 1. The van der Waals surface area contributed by atoms with Crippen LogP contribution in [0, 0.1) is 0 Å². The summed E-state index contributed by atoms with van der Waals surface area (Å²) in [6, 6.07) is 0. The Labute approximate surface area is 102 Å². The number of aliphatic carboxylic acids is 1. The van der Waals surface area contributed by atoms with Gasteiger partial charge in [0.25, 0.3) is 0 Å². The lowest BCUT2D eigenvalue weighted by molar-refractivity contribution is -0.142. The van der Waals surface area contributed by atoms with Gasteiger partial charge in [-0.15, -0.1) is 0 Å². The van der Waals surface area contributed by atoms with Crippen molar-refractivity contribution in [2.75, 3.05) is 26.2 Å². The largest absolute Gasteiger partial charge is 0.481 e. The summed E-state index contributed by atoms with van der Waals surface area (Å²) in [7, 11) is 0. The van der Waals surface area contributed by atoms with Crippen LogP contribution in [0.2, 0.25) is 0 Å². The van der Waals surface area contributed by atoms with Gasteiger partial charge in [-0.1, -0.05) is 13.8 Å². The molecule has 0 aromatic heterocycles. The molecule has 1 aliphatic rings. The molecule has 0 amide bonds. The van der Waals surface area contributed by atoms with Crippen LogP contribution in [-0.2, 0) is 9.53 Å². The molecule has 1 rings (SSSR count). The highest BCUT2D eigenvalue weighted by molar-refractivity contribution is 5.67. The van der Waals surface area contributed by atoms with E-state index in [0.29, 0.717) is 32.5 Å². The number of ether oxygens (including phenoxy) is 1. The Kier molecular flexibility index (Phi) is 5.36. The molecule has 5 heteroatoms. The first kappa shape index (κ1) is 14.4. The third kappa shape index (κ3) is 4.61. The average Bonchev–Trinajstić information content (AvgIpc) is 2.28. The fraction of sp³-hybridized carbons (Fsp3) is 0.917. The molecule has 1 aliphatic heterocycles. The predicted octanol–water partition coefficient (Wildman–Crippen LogP) is 0.713. The second-order valence-corrected chi connectivity index (χ2v) is 4.76. The van der Waals surface area contributed by atoms with Crippen molar-refractivity contribution in [2.45, 2.75) is 44.8 Å². The summed E-state index contributed by atoms with van der Waals surface area (Å²) in [5.74, 6) is -0.835. The van der Waals surface area contributed by atoms with Crippen molar-refractivity contribution >= 4 is 5.97 Å². The van der Waals surface area contributed by atoms with E-state index in [1.807, 2.05) is 13.8 Å². The summed E-state index contributed by atoms with van der Waals surface area (Å²) in [6.07, 6.45) is 1.21. The van der Waals surface area contributed by atoms with Gasteiger partial charge in [-0.05, 0) is 12.8 Å². The number of β-amino-alcohol motifs (C(OH)–C–C–N with tert-alkyl or cyclic N) is 1. The maximum Gasteiger partial charge on any atom is 0.306 e. The maximum absolute atomic E-state index is 10.6. The first-order chi connectivity index (χ1) is 7.99. The van der Waals surface area contributed by atoms with Crippen molar-refractivity contribution < 1.29 is 19.7 Å². The Balaban J connectivity index is 2.46. The van der Waals surface area contributed by atoms with Crippen molar-refractivity contribution in [2.24, 2.45) is 0 Å². The van der Waals surface area contributed by atoms with Crippen LogP contribution in [0.15, 0.2) is 0 Å². The molecule has 0 bridgehead atoms. The van der Waals surface area contributed by atoms with Crippen molar-refractivity contribution in [1.82, 2.24) is 4.90 Å². The molecular formula is C12H23NO4. The first-order valence-corrected chi connectivity index (χ1v) is 6.27. The highest BCUT2D eigenvalue weighted by Crippen LogP contribution is 2.18. The van der Waals surface area contributed by atoms with Crippen LogP contribution in [0.4, 0.5) is 0 Å². The van der Waals surface area contributed by atoms with Crippen LogP contribution in [0.5, 0.6) is 0 Å². The monoisotopic (exact) mass is 245 g/mol. The van der Waals surface area contributed by atoms with E-state index >= 15 is 0 Å². The highest BCUT2D eigenvalue weighted by atomic mass is 16.5. The molecule has 17 heavy (non-hydrogen) atoms. The zero-order valence-corrected chi connectivity index (χ0v) is 10.7. The van der Waals surface area contributed by atoms with Gasteiger partial charge < -0.3 is 14.9 Å². The molecule has 0 aliphatic carbocycles. The van der Waals surface area contributed by atoms with Crippen molar-refractivity contribution in [3.63, 3.8) is 0 Å². The van der Waals surface area contributed by atoms with Gasteiger partial charge in [0.2, 0.25) is 0 Å². The molecule has 0 spiro atoms. The van der Waals surface area contributed by atoms with Gasteiger partial charge in [-0.25, -0.2) is 0 Å². The molecule has 0 aromatic rings. The van der Waals surface area contributed by atoms with E-state index in [-0.39, 0.29) is 12.5 Å². The number of nitrogens with zero attached hydrogens (tertiary/aromatic N) is 1. The minimum atomic E-state index is -0.835. The van der Waals surface area contributed by atoms with E-state index in [1.54, 1.807) is 0 Å². The van der Waals surface area contributed by atoms with Crippen LogP contribution in [-0.4, -0.2) is 59.0 Å². The summed E-state index contributed by atoms with van der Waals surface area (Å²) in [5.41, 5.74) is -0.662. The molecular weight excluding hydrogens is 222 g/mol. The number of carboxylic acids is 1. The second-order valence-electron chi connectivity index (χ2n) is 4.76. The van der Waals surface area contributed by atoms with Gasteiger partial charge in [0, 0.05) is 19.6 Å². The van der Waals surface area contributed by atoms with Gasteiger partial charge in [0.1, 0.15) is 0 Å². The molecule has 0 aromatic carbocycles. The molecule has 1 unspecified atom stereocenters. The lowest BCUT2D eigenvalue weighted by Crippen LogP contribution is -2.50. The number of aliphatic hydroxyl groups is 1. The van der Waals surface area contributed by atoms with Crippen molar-refractivity contribution in [3.05, 3.63) is 0 Å². The molecule has 1 fully saturated rings. The molecule has 5 nitrogen and oxygen atoms in total. The maximum atomic E-state index is 10.6. The van der Waals surface area contributed by atoms with Crippen LogP contribution < -0.4 is 0 Å². The lowest BCUT2D eigenvalue weighted by atomic mass is 9.96. The van der Waals surface area contributed by atoms with E-state index in [9.17, 15) is 9.90 Å². The number of hydrogen-bond donors (Lipinski definition) is 2. The predicted molar refractivity (Wildman–Crippen MR) is 64.0 cm³/mol. The van der Waals surface area contributed by atoms with Gasteiger partial charge in [-0.2, -0.15) is 0 Å². The fourth-order valence-corrected chi connectivity index (χ4v) is 2.13. The van der Waals surface area contributed by atoms with E-state index in [4.69, 9.17) is 9.84 Å². The second kappa shape index (κ2) is 6.33. The minimum Gasteiger partial charge on any atom is -0.481 e. The number of rotatable bonds is 6. The van der Waals surface area contributed by atoms with Crippen LogP contribution >= 0.6 is 0 Å². The van der Waals surface area contributed by atoms with E-state index in [0.717, 1.165) is 6.54 Å². The quantitative estimate of drug-likeness (QED) is 0.721. The normalized spacial score (nSPS) is 22.6. The Bertz CT molecular complexity index is 253. The molecule has 0 saturated carbocycles. The lowest BCUT2D eigenvalue weighted by Gasteiger charge is -2.37. The summed E-state index contributed by atoms with van der Waals surface area (Å²) < 4.78 is 5.40. The molecule has 1 atom stereocenters. The molecule has 1 heterocycles. The first-order valence-electron chi connectivity index (χ1n) is 6.27. The average molecular weight is 245 g/mol. The Morgan fingerprint density at radius 1 is 1.47 bits per heavy atom. The van der Waals surface area contributed by atoms with Crippen LogP contribution in [0.3, 0.4) is 0 Å². The number of carboxylic acid groups (broad SMARTS) is 1. The summed E-state index contributed by atoms with van der Waals surface area (Å²) in [5, 5.41) is 19.0. The smallest absolute Gasteiger partial charge is 0.306 e. The standard InChI is InChI=1S/C12H23NO4/c1-3-12(16,4-2)9-13-5-6-17-10(8-13)7-11(14)15/h10,16H,3-9H2,1-2H3,(H,14,15). The molecule has 0 radical (unpaired) electrons. The van der Waals surface area contributed by atoms with Crippen molar-refractivity contribution in [1.29, 1.82) is 0 Å². The Morgan fingerprint density at radius 2 is 2.12 bits per heavy atom. The van der Waals surface area contributed by atoms with Gasteiger partial charge in [-0.3, -0.25) is 9.69 Å². The number of hydrogen-bond acceptors (Lipinski definition) is 4. The van der Waals surface area contributed by atoms with Gasteiger partial charge in [0.15, 0.2) is 0 Å². The fourth-order valence-electron chi connectivity index (χ4n) is 2.13. The highest BCUT2D eigenvalue weighted by Gasteiger charge is 2.29. The van der Waals surface area contributed by atoms with Gasteiger partial charge >= 0.3 is 5.97 Å². The topological polar surface area (TPSA) is 70.0 Å². The Morgan fingerprint density at radius 3 is 2.65 bits per heavy atom. The Hall–Kier alpha value is -0.650. The van der Waals surface area contributed by atoms with E-state index in [1.165, 1.54) is 0 Å². The zero-order chi connectivity index (χ0) is 12.9. The van der Waals surface area contributed by atoms with Crippen molar-refractivity contribution in [3.8, 4) is 0 Å². The molecule has 1 saturated heterocycles. The zero-order valence-electron chi connectivity index (χ0n) is 10.7. The summed E-state index contributed by atoms with van der Waals surface area (Å²) in [4.78, 5) is 12.7. The summed E-state index contributed by atoms with van der Waals surface area (Å²) in [6.45, 7) is 6.44. The van der Waals surface area contributed by atoms with E-state index in [2.05, 4.69) is 4.90 Å². The third-order valence-electron chi connectivity index (χ3n) is 3.46. The third-order valence-corrected chi connectivity index (χ3v) is 3.46. The minimum absolute atomic E-state index is 0.0349. The van der Waals surface area contributed by atoms with Crippen LogP contribution in [0.25, 0.3) is 0 Å². The SMILES string of the molecule is CCC(O)(CC)CN1CCOC(CC(=O)O)C1. The van der Waals surface area contributed by atoms with Crippen LogP contribution in [0.1, 0.15) is 33.1 Å².